The lowest BCUT2D eigenvalue weighted by Gasteiger charge is -2.23. The maximum atomic E-state index is 13.0. The van der Waals surface area contributed by atoms with E-state index in [4.69, 9.17) is 0 Å². The standard InChI is InChI=1S/C23H27NO/c25-23(22-8-4-5-15-24(17-22)16-18-9-10-18)21-13-11-20(12-14-21)19-6-2-1-3-7-19/h1-3,6-7,11-14,18,22H,4-5,8-10,15-17H2/t22-/m1/s1. The molecule has 2 heteroatoms. The van der Waals surface area contributed by atoms with Gasteiger partial charge in [-0.2, -0.15) is 0 Å². The highest BCUT2D eigenvalue weighted by Gasteiger charge is 2.29. The zero-order valence-electron chi connectivity index (χ0n) is 14.9. The first-order valence-electron chi connectivity index (χ1n) is 9.71. The van der Waals surface area contributed by atoms with Crippen LogP contribution in [-0.4, -0.2) is 30.3 Å². The van der Waals surface area contributed by atoms with Crippen molar-refractivity contribution in [1.82, 2.24) is 4.90 Å². The summed E-state index contributed by atoms with van der Waals surface area (Å²) in [6.45, 7) is 3.33. The molecule has 25 heavy (non-hydrogen) atoms. The predicted octanol–water partition coefficient (Wildman–Crippen LogP) is 5.05. The van der Waals surface area contributed by atoms with Crippen molar-refractivity contribution in [3.8, 4) is 11.1 Å². The number of likely N-dealkylation sites (tertiary alicyclic amines) is 1. The lowest BCUT2D eigenvalue weighted by atomic mass is 9.92. The number of hydrogen-bond acceptors (Lipinski definition) is 2. The van der Waals surface area contributed by atoms with Gasteiger partial charge in [-0.1, -0.05) is 61.0 Å². The van der Waals surface area contributed by atoms with Crippen molar-refractivity contribution >= 4 is 5.78 Å². The summed E-state index contributed by atoms with van der Waals surface area (Å²) in [6.07, 6.45) is 6.23. The Morgan fingerprint density at radius 2 is 1.60 bits per heavy atom. The molecule has 4 rings (SSSR count). The molecule has 130 valence electrons. The van der Waals surface area contributed by atoms with E-state index < -0.39 is 0 Å². The van der Waals surface area contributed by atoms with Crippen LogP contribution in [-0.2, 0) is 0 Å². The molecule has 0 N–H and O–H groups in total. The molecule has 0 aromatic heterocycles. The van der Waals surface area contributed by atoms with Crippen LogP contribution >= 0.6 is 0 Å². The highest BCUT2D eigenvalue weighted by Crippen LogP contribution is 2.31. The van der Waals surface area contributed by atoms with Crippen LogP contribution in [0, 0.1) is 11.8 Å². The minimum atomic E-state index is 0.170. The Balaban J connectivity index is 1.45. The van der Waals surface area contributed by atoms with Crippen molar-refractivity contribution in [2.24, 2.45) is 11.8 Å². The monoisotopic (exact) mass is 333 g/mol. The predicted molar refractivity (Wildman–Crippen MR) is 103 cm³/mol. The summed E-state index contributed by atoms with van der Waals surface area (Å²) in [6, 6.07) is 18.5. The van der Waals surface area contributed by atoms with Crippen LogP contribution in [0.4, 0.5) is 0 Å². The van der Waals surface area contributed by atoms with E-state index in [1.54, 1.807) is 0 Å². The summed E-state index contributed by atoms with van der Waals surface area (Å²) < 4.78 is 0. The van der Waals surface area contributed by atoms with Gasteiger partial charge in [0.15, 0.2) is 5.78 Å². The molecule has 0 amide bonds. The molecule has 2 aromatic carbocycles. The van der Waals surface area contributed by atoms with Gasteiger partial charge in [-0.3, -0.25) is 4.79 Å². The van der Waals surface area contributed by atoms with E-state index in [1.165, 1.54) is 49.9 Å². The van der Waals surface area contributed by atoms with Gasteiger partial charge < -0.3 is 4.90 Å². The third kappa shape index (κ3) is 4.19. The number of Topliss-reactive ketones (excluding diaryl/α,β-unsaturated/α-hetero) is 1. The second kappa shape index (κ2) is 7.53. The number of carbonyl (C=O) groups is 1. The van der Waals surface area contributed by atoms with Crippen molar-refractivity contribution < 1.29 is 4.79 Å². The van der Waals surface area contributed by atoms with E-state index in [1.807, 2.05) is 30.3 Å². The van der Waals surface area contributed by atoms with Crippen molar-refractivity contribution in [2.75, 3.05) is 19.6 Å². The van der Waals surface area contributed by atoms with Crippen LogP contribution in [0.5, 0.6) is 0 Å². The smallest absolute Gasteiger partial charge is 0.167 e. The van der Waals surface area contributed by atoms with Crippen LogP contribution in [0.25, 0.3) is 11.1 Å². The van der Waals surface area contributed by atoms with E-state index in [2.05, 4.69) is 29.2 Å². The minimum Gasteiger partial charge on any atom is -0.302 e. The minimum absolute atomic E-state index is 0.170. The molecule has 1 aliphatic carbocycles. The third-order valence-electron chi connectivity index (χ3n) is 5.62. The van der Waals surface area contributed by atoms with E-state index in [0.29, 0.717) is 5.78 Å². The third-order valence-corrected chi connectivity index (χ3v) is 5.62. The van der Waals surface area contributed by atoms with E-state index in [0.717, 1.165) is 24.4 Å². The normalized spacial score (nSPS) is 21.7. The summed E-state index contributed by atoms with van der Waals surface area (Å²) in [7, 11) is 0. The average Bonchev–Trinajstić information content (AvgIpc) is 3.50. The van der Waals surface area contributed by atoms with E-state index in [9.17, 15) is 4.79 Å². The van der Waals surface area contributed by atoms with Crippen LogP contribution < -0.4 is 0 Å². The number of benzene rings is 2. The summed E-state index contributed by atoms with van der Waals surface area (Å²) in [5.41, 5.74) is 3.25. The second-order valence-corrected chi connectivity index (χ2v) is 7.70. The Morgan fingerprint density at radius 1 is 0.880 bits per heavy atom. The first-order chi connectivity index (χ1) is 12.3. The molecule has 0 bridgehead atoms. The quantitative estimate of drug-likeness (QED) is 0.714. The Hall–Kier alpha value is -1.93. The van der Waals surface area contributed by atoms with Gasteiger partial charge in [0.25, 0.3) is 0 Å². The molecule has 0 radical (unpaired) electrons. The van der Waals surface area contributed by atoms with Crippen molar-refractivity contribution in [1.29, 1.82) is 0 Å². The molecule has 1 atom stereocenters. The maximum Gasteiger partial charge on any atom is 0.167 e. The van der Waals surface area contributed by atoms with E-state index in [-0.39, 0.29) is 5.92 Å². The van der Waals surface area contributed by atoms with Gasteiger partial charge in [0.2, 0.25) is 0 Å². The topological polar surface area (TPSA) is 20.3 Å². The number of hydrogen-bond donors (Lipinski definition) is 0. The molecule has 2 aromatic rings. The Morgan fingerprint density at radius 3 is 2.32 bits per heavy atom. The van der Waals surface area contributed by atoms with Crippen LogP contribution in [0.3, 0.4) is 0 Å². The van der Waals surface area contributed by atoms with Gasteiger partial charge in [-0.15, -0.1) is 0 Å². The number of rotatable bonds is 5. The number of nitrogens with zero attached hydrogens (tertiary/aromatic N) is 1. The Kier molecular flexibility index (Phi) is 4.98. The molecule has 1 aliphatic heterocycles. The molecule has 2 nitrogen and oxygen atoms in total. The zero-order chi connectivity index (χ0) is 17.1. The van der Waals surface area contributed by atoms with Crippen LogP contribution in [0.2, 0.25) is 0 Å². The van der Waals surface area contributed by atoms with Gasteiger partial charge in [0.05, 0.1) is 0 Å². The largest absolute Gasteiger partial charge is 0.302 e. The fourth-order valence-electron chi connectivity index (χ4n) is 3.96. The molecule has 2 fully saturated rings. The van der Waals surface area contributed by atoms with Gasteiger partial charge in [-0.25, -0.2) is 0 Å². The second-order valence-electron chi connectivity index (χ2n) is 7.70. The molecular weight excluding hydrogens is 306 g/mol. The van der Waals surface area contributed by atoms with Gasteiger partial charge >= 0.3 is 0 Å². The molecule has 0 spiro atoms. The summed E-state index contributed by atoms with van der Waals surface area (Å²) in [5.74, 6) is 1.41. The summed E-state index contributed by atoms with van der Waals surface area (Å²) >= 11 is 0. The molecule has 1 saturated carbocycles. The fourth-order valence-corrected chi connectivity index (χ4v) is 3.96. The number of carbonyl (C=O) groups excluding carboxylic acids is 1. The summed E-state index contributed by atoms with van der Waals surface area (Å²) in [4.78, 5) is 15.6. The highest BCUT2D eigenvalue weighted by atomic mass is 16.1. The molecular formula is C23H27NO. The van der Waals surface area contributed by atoms with Gasteiger partial charge in [0.1, 0.15) is 0 Å². The first-order valence-corrected chi connectivity index (χ1v) is 9.71. The SMILES string of the molecule is O=C(c1ccc(-c2ccccc2)cc1)[C@@H]1CCCCN(CC2CC2)C1. The Labute approximate surface area is 150 Å². The lowest BCUT2D eigenvalue weighted by molar-refractivity contribution is 0.0884. The van der Waals surface area contributed by atoms with Gasteiger partial charge in [-0.05, 0) is 49.3 Å². The van der Waals surface area contributed by atoms with Crippen LogP contribution in [0.1, 0.15) is 42.5 Å². The zero-order valence-corrected chi connectivity index (χ0v) is 14.9. The molecule has 1 saturated heterocycles. The van der Waals surface area contributed by atoms with Crippen LogP contribution in [0.15, 0.2) is 54.6 Å². The lowest BCUT2D eigenvalue weighted by Crippen LogP contribution is -2.33. The fraction of sp³-hybridized carbons (Fsp3) is 0.435. The summed E-state index contributed by atoms with van der Waals surface area (Å²) in [5, 5.41) is 0. The molecule has 2 aliphatic rings. The number of ketones is 1. The Bertz CT molecular complexity index is 703. The van der Waals surface area contributed by atoms with E-state index >= 15 is 0 Å². The van der Waals surface area contributed by atoms with Gasteiger partial charge in [0, 0.05) is 24.6 Å². The first kappa shape index (κ1) is 16.5. The van der Waals surface area contributed by atoms with Crippen molar-refractivity contribution in [2.45, 2.75) is 32.1 Å². The molecule has 0 unspecified atom stereocenters. The maximum absolute atomic E-state index is 13.0. The average molecular weight is 333 g/mol. The van der Waals surface area contributed by atoms with Crippen molar-refractivity contribution in [3.05, 3.63) is 60.2 Å². The van der Waals surface area contributed by atoms with Crippen molar-refractivity contribution in [3.63, 3.8) is 0 Å². The molecule has 1 heterocycles. The highest BCUT2D eigenvalue weighted by molar-refractivity contribution is 5.98.